The van der Waals surface area contributed by atoms with E-state index in [-0.39, 0.29) is 5.41 Å². The molecule has 280 valence electrons. The van der Waals surface area contributed by atoms with Gasteiger partial charge in [-0.25, -0.2) is 15.0 Å². The summed E-state index contributed by atoms with van der Waals surface area (Å²) in [5.74, 6) is 1.83. The first-order chi connectivity index (χ1) is 29.0. The van der Waals surface area contributed by atoms with Gasteiger partial charge < -0.3 is 9.32 Å². The van der Waals surface area contributed by atoms with Crippen LogP contribution in [-0.2, 0) is 5.41 Å². The number of benzene rings is 8. The van der Waals surface area contributed by atoms with E-state index >= 15 is 0 Å². The molecule has 3 heterocycles. The van der Waals surface area contributed by atoms with E-state index in [2.05, 4.69) is 140 Å². The molecule has 11 rings (SSSR count). The Balaban J connectivity index is 1.12. The highest BCUT2D eigenvalue weighted by atomic mass is 16.3. The van der Waals surface area contributed by atoms with Crippen LogP contribution in [0.15, 0.2) is 199 Å². The molecule has 0 unspecified atom stereocenters. The zero-order chi connectivity index (χ0) is 39.5. The Morgan fingerprint density at radius 2 is 0.898 bits per heavy atom. The highest BCUT2D eigenvalue weighted by Crippen LogP contribution is 2.54. The van der Waals surface area contributed by atoms with E-state index in [1.807, 2.05) is 72.8 Å². The number of aromatic nitrogens is 3. The molecule has 0 aliphatic carbocycles. The number of anilines is 3. The van der Waals surface area contributed by atoms with Crippen molar-refractivity contribution in [2.24, 2.45) is 0 Å². The number of fused-ring (bicyclic) bond motifs is 5. The van der Waals surface area contributed by atoms with Crippen LogP contribution in [0.5, 0.6) is 0 Å². The lowest BCUT2D eigenvalue weighted by atomic mass is 9.72. The highest BCUT2D eigenvalue weighted by Gasteiger charge is 2.38. The van der Waals surface area contributed by atoms with E-state index in [9.17, 15) is 0 Å². The normalized spacial score (nSPS) is 13.0. The summed E-state index contributed by atoms with van der Waals surface area (Å²) in [6.07, 6.45) is 0. The fraction of sp³-hybridized carbons (Fsp3) is 0.0556. The van der Waals surface area contributed by atoms with Crippen LogP contribution in [0.4, 0.5) is 17.1 Å². The Kier molecular flexibility index (Phi) is 8.09. The largest absolute Gasteiger partial charge is 0.456 e. The molecule has 59 heavy (non-hydrogen) atoms. The van der Waals surface area contributed by atoms with Crippen molar-refractivity contribution in [3.05, 3.63) is 205 Å². The molecular weight excluding hydrogens is 721 g/mol. The maximum atomic E-state index is 6.60. The maximum absolute atomic E-state index is 6.60. The highest BCUT2D eigenvalue weighted by molar-refractivity contribution is 6.13. The van der Waals surface area contributed by atoms with Crippen LogP contribution >= 0.6 is 0 Å². The quantitative estimate of drug-likeness (QED) is 0.169. The molecule has 0 bridgehead atoms. The average molecular weight is 759 g/mol. The minimum atomic E-state index is -0.290. The summed E-state index contributed by atoms with van der Waals surface area (Å²) in [4.78, 5) is 17.6. The van der Waals surface area contributed by atoms with Gasteiger partial charge in [0, 0.05) is 38.6 Å². The maximum Gasteiger partial charge on any atom is 0.164 e. The van der Waals surface area contributed by atoms with Gasteiger partial charge in [-0.05, 0) is 81.9 Å². The van der Waals surface area contributed by atoms with Crippen LogP contribution in [0.25, 0.3) is 78.4 Å². The van der Waals surface area contributed by atoms with Gasteiger partial charge in [0.1, 0.15) is 11.2 Å². The zero-order valence-corrected chi connectivity index (χ0v) is 32.7. The van der Waals surface area contributed by atoms with Crippen LogP contribution in [0.3, 0.4) is 0 Å². The number of hydrogen-bond donors (Lipinski definition) is 0. The fourth-order valence-electron chi connectivity index (χ4n) is 8.71. The van der Waals surface area contributed by atoms with Crippen LogP contribution in [0, 0.1) is 0 Å². The predicted octanol–water partition coefficient (Wildman–Crippen LogP) is 14.2. The van der Waals surface area contributed by atoms with Crippen molar-refractivity contribution in [1.29, 1.82) is 0 Å². The Bertz CT molecular complexity index is 3030. The van der Waals surface area contributed by atoms with Crippen LogP contribution in [0.1, 0.15) is 25.0 Å². The van der Waals surface area contributed by atoms with Gasteiger partial charge in [0.2, 0.25) is 0 Å². The second kappa shape index (κ2) is 13.8. The lowest BCUT2D eigenvalue weighted by Crippen LogP contribution is -2.30. The van der Waals surface area contributed by atoms with E-state index in [4.69, 9.17) is 19.4 Å². The number of rotatable bonds is 6. The Hall–Kier alpha value is -7.63. The number of nitrogens with zero attached hydrogens (tertiary/aromatic N) is 4. The second-order valence-electron chi connectivity index (χ2n) is 15.7. The molecular formula is C54H38N4O. The molecule has 0 N–H and O–H groups in total. The summed E-state index contributed by atoms with van der Waals surface area (Å²) >= 11 is 0. The van der Waals surface area contributed by atoms with Crippen LogP contribution < -0.4 is 4.90 Å². The molecule has 5 heteroatoms. The molecule has 0 radical (unpaired) electrons. The summed E-state index contributed by atoms with van der Waals surface area (Å²) in [5.41, 5.74) is 14.7. The lowest BCUT2D eigenvalue weighted by molar-refractivity contribution is 0.632. The molecule has 2 aromatic heterocycles. The Labute approximate surface area is 342 Å². The lowest BCUT2D eigenvalue weighted by Gasteiger charge is -2.42. The van der Waals surface area contributed by atoms with E-state index in [0.29, 0.717) is 17.5 Å². The third kappa shape index (κ3) is 5.90. The third-order valence-electron chi connectivity index (χ3n) is 11.7. The summed E-state index contributed by atoms with van der Waals surface area (Å²) < 4.78 is 6.60. The standard InChI is InChI=1S/C54H38N4O/c1-54(2)44-32-39(35-16-7-3-8-17-35)26-29-46(44)58(47-30-27-40(33-45(47)54)36-18-9-4-10-19-36)41-28-31-48-43(34-41)50-42(24-15-25-49(50)59-48)53-56-51(37-20-11-5-12-21-37)55-52(57-53)38-22-13-6-14-23-38/h3-34H,1-2H3. The van der Waals surface area contributed by atoms with Crippen molar-refractivity contribution in [1.82, 2.24) is 15.0 Å². The zero-order valence-electron chi connectivity index (χ0n) is 32.7. The molecule has 0 fully saturated rings. The minimum Gasteiger partial charge on any atom is -0.456 e. The molecule has 1 aliphatic heterocycles. The summed E-state index contributed by atoms with van der Waals surface area (Å²) in [7, 11) is 0. The Morgan fingerprint density at radius 1 is 0.407 bits per heavy atom. The SMILES string of the molecule is CC1(C)c2cc(-c3ccccc3)ccc2N(c2ccc3oc4cccc(-c5nc(-c6ccccc6)nc(-c6ccccc6)n5)c4c3c2)c2ccc(-c3ccccc3)cc21. The van der Waals surface area contributed by atoms with E-state index in [1.165, 1.54) is 33.4 Å². The first kappa shape index (κ1) is 34.6. The molecule has 0 amide bonds. The number of furan rings is 1. The monoisotopic (exact) mass is 758 g/mol. The Morgan fingerprint density at radius 3 is 1.42 bits per heavy atom. The van der Waals surface area contributed by atoms with Gasteiger partial charge in [0.05, 0.1) is 11.4 Å². The molecule has 10 aromatic rings. The van der Waals surface area contributed by atoms with E-state index in [1.54, 1.807) is 0 Å². The predicted molar refractivity (Wildman–Crippen MR) is 241 cm³/mol. The van der Waals surface area contributed by atoms with Crippen LogP contribution in [-0.4, -0.2) is 15.0 Å². The van der Waals surface area contributed by atoms with Crippen molar-refractivity contribution in [2.45, 2.75) is 19.3 Å². The first-order valence-corrected chi connectivity index (χ1v) is 20.0. The molecule has 5 nitrogen and oxygen atoms in total. The smallest absolute Gasteiger partial charge is 0.164 e. The van der Waals surface area contributed by atoms with Gasteiger partial charge in [-0.2, -0.15) is 0 Å². The molecule has 0 spiro atoms. The van der Waals surface area contributed by atoms with Gasteiger partial charge in [-0.1, -0.05) is 159 Å². The van der Waals surface area contributed by atoms with E-state index < -0.39 is 0 Å². The van der Waals surface area contributed by atoms with Gasteiger partial charge >= 0.3 is 0 Å². The van der Waals surface area contributed by atoms with Gasteiger partial charge in [-0.3, -0.25) is 0 Å². The third-order valence-corrected chi connectivity index (χ3v) is 11.7. The van der Waals surface area contributed by atoms with E-state index in [0.717, 1.165) is 55.7 Å². The topological polar surface area (TPSA) is 55.1 Å². The summed E-state index contributed by atoms with van der Waals surface area (Å²) in [6, 6.07) is 68.0. The molecule has 8 aromatic carbocycles. The van der Waals surface area contributed by atoms with Crippen molar-refractivity contribution in [3.8, 4) is 56.4 Å². The second-order valence-corrected chi connectivity index (χ2v) is 15.7. The number of hydrogen-bond acceptors (Lipinski definition) is 5. The van der Waals surface area contributed by atoms with Crippen molar-refractivity contribution in [3.63, 3.8) is 0 Å². The van der Waals surface area contributed by atoms with Gasteiger partial charge in [-0.15, -0.1) is 0 Å². The van der Waals surface area contributed by atoms with Crippen LogP contribution in [0.2, 0.25) is 0 Å². The average Bonchev–Trinajstić information content (AvgIpc) is 3.68. The first-order valence-electron chi connectivity index (χ1n) is 20.0. The molecule has 0 atom stereocenters. The minimum absolute atomic E-state index is 0.290. The van der Waals surface area contributed by atoms with Crippen molar-refractivity contribution >= 4 is 39.0 Å². The summed E-state index contributed by atoms with van der Waals surface area (Å²) in [6.45, 7) is 4.71. The van der Waals surface area contributed by atoms with Crippen molar-refractivity contribution in [2.75, 3.05) is 4.90 Å². The summed E-state index contributed by atoms with van der Waals surface area (Å²) in [5, 5.41) is 1.95. The molecule has 0 saturated heterocycles. The van der Waals surface area contributed by atoms with Crippen molar-refractivity contribution < 1.29 is 4.42 Å². The van der Waals surface area contributed by atoms with Gasteiger partial charge in [0.25, 0.3) is 0 Å². The van der Waals surface area contributed by atoms with Gasteiger partial charge in [0.15, 0.2) is 17.5 Å². The molecule has 0 saturated carbocycles. The molecule has 1 aliphatic rings. The fourth-order valence-corrected chi connectivity index (χ4v) is 8.71.